The Balaban J connectivity index is 1.90. The molecule has 4 nitrogen and oxygen atoms in total. The fraction of sp³-hybridized carbons (Fsp3) is 0.211. The van der Waals surface area contributed by atoms with Gasteiger partial charge in [-0.3, -0.25) is 14.2 Å². The second kappa shape index (κ2) is 6.61. The van der Waals surface area contributed by atoms with E-state index in [9.17, 15) is 9.59 Å². The molecular weight excluding hydrogens is 320 g/mol. The number of thioether (sulfide) groups is 1. The monoisotopic (exact) mass is 338 g/mol. The topological polar surface area (TPSA) is 52.0 Å². The summed E-state index contributed by atoms with van der Waals surface area (Å²) in [5.41, 5.74) is 3.27. The third kappa shape index (κ3) is 3.12. The minimum Gasteiger partial charge on any atom is -0.293 e. The van der Waals surface area contributed by atoms with Crippen LogP contribution in [-0.4, -0.2) is 21.1 Å². The Morgan fingerprint density at radius 1 is 1.17 bits per heavy atom. The van der Waals surface area contributed by atoms with Gasteiger partial charge in [0.1, 0.15) is 0 Å². The molecule has 2 aromatic carbocycles. The highest BCUT2D eigenvalue weighted by molar-refractivity contribution is 7.99. The normalized spacial score (nSPS) is 11.0. The van der Waals surface area contributed by atoms with Crippen molar-refractivity contribution in [3.63, 3.8) is 0 Å². The van der Waals surface area contributed by atoms with Gasteiger partial charge in [0.2, 0.25) is 0 Å². The highest BCUT2D eigenvalue weighted by atomic mass is 32.2. The third-order valence-corrected chi connectivity index (χ3v) is 5.00. The number of carbonyl (C=O) groups excluding carboxylic acids is 1. The van der Waals surface area contributed by atoms with E-state index in [4.69, 9.17) is 0 Å². The Hall–Kier alpha value is -2.40. The van der Waals surface area contributed by atoms with Crippen LogP contribution < -0.4 is 5.56 Å². The summed E-state index contributed by atoms with van der Waals surface area (Å²) in [5, 5.41) is 1.16. The van der Waals surface area contributed by atoms with E-state index in [2.05, 4.69) is 4.98 Å². The molecule has 0 radical (unpaired) electrons. The lowest BCUT2D eigenvalue weighted by Crippen LogP contribution is -2.20. The zero-order chi connectivity index (χ0) is 17.3. The first-order valence-electron chi connectivity index (χ1n) is 7.66. The minimum absolute atomic E-state index is 0.0383. The fourth-order valence-electron chi connectivity index (χ4n) is 2.59. The van der Waals surface area contributed by atoms with Gasteiger partial charge in [-0.1, -0.05) is 47.7 Å². The van der Waals surface area contributed by atoms with Crippen LogP contribution in [0.4, 0.5) is 0 Å². The summed E-state index contributed by atoms with van der Waals surface area (Å²) in [5.74, 6) is 0.291. The average molecular weight is 338 g/mol. The van der Waals surface area contributed by atoms with E-state index in [-0.39, 0.29) is 17.1 Å². The van der Waals surface area contributed by atoms with E-state index in [0.717, 1.165) is 11.1 Å². The molecule has 3 aromatic rings. The molecule has 1 heterocycles. The molecule has 0 bridgehead atoms. The second-order valence-electron chi connectivity index (χ2n) is 5.81. The number of rotatable bonds is 4. The third-order valence-electron chi connectivity index (χ3n) is 3.97. The lowest BCUT2D eigenvalue weighted by molar-refractivity contribution is 0.102. The molecule has 0 spiro atoms. The first-order valence-corrected chi connectivity index (χ1v) is 8.65. The number of ketones is 1. The average Bonchev–Trinajstić information content (AvgIpc) is 2.57. The van der Waals surface area contributed by atoms with Crippen molar-refractivity contribution in [3.8, 4) is 0 Å². The van der Waals surface area contributed by atoms with Crippen LogP contribution in [0.25, 0.3) is 10.9 Å². The maximum absolute atomic E-state index is 12.5. The first-order chi connectivity index (χ1) is 11.5. The second-order valence-corrected chi connectivity index (χ2v) is 6.75. The Bertz CT molecular complexity index is 992. The summed E-state index contributed by atoms with van der Waals surface area (Å²) in [6.07, 6.45) is 0. The number of aromatic nitrogens is 2. The highest BCUT2D eigenvalue weighted by Crippen LogP contribution is 2.20. The van der Waals surface area contributed by atoms with Gasteiger partial charge >= 0.3 is 0 Å². The number of hydrogen-bond donors (Lipinski definition) is 0. The van der Waals surface area contributed by atoms with Crippen molar-refractivity contribution in [1.82, 2.24) is 9.55 Å². The van der Waals surface area contributed by atoms with E-state index in [0.29, 0.717) is 21.6 Å². The summed E-state index contributed by atoms with van der Waals surface area (Å²) in [4.78, 5) is 29.4. The maximum Gasteiger partial charge on any atom is 0.261 e. The van der Waals surface area contributed by atoms with E-state index in [1.165, 1.54) is 16.3 Å². The molecule has 0 aliphatic heterocycles. The number of carbonyl (C=O) groups is 1. The molecule has 0 fully saturated rings. The van der Waals surface area contributed by atoms with E-state index in [1.54, 1.807) is 7.05 Å². The molecule has 24 heavy (non-hydrogen) atoms. The Kier molecular flexibility index (Phi) is 4.53. The summed E-state index contributed by atoms with van der Waals surface area (Å²) in [7, 11) is 1.69. The SMILES string of the molecule is Cc1ccc2nc(SCC(=O)c3ccccc3C)n(C)c(=O)c2c1. The van der Waals surface area contributed by atoms with Gasteiger partial charge in [0, 0.05) is 12.6 Å². The number of Topliss-reactive ketones (excluding diaryl/α,β-unsaturated/α-hetero) is 1. The number of nitrogens with zero attached hydrogens (tertiary/aromatic N) is 2. The zero-order valence-corrected chi connectivity index (χ0v) is 14.7. The van der Waals surface area contributed by atoms with Crippen LogP contribution >= 0.6 is 11.8 Å². The molecule has 0 saturated heterocycles. The summed E-state index contributed by atoms with van der Waals surface area (Å²) >= 11 is 1.29. The molecule has 0 saturated carbocycles. The van der Waals surface area contributed by atoms with Gasteiger partial charge in [0.05, 0.1) is 16.7 Å². The van der Waals surface area contributed by atoms with Crippen LogP contribution in [0.5, 0.6) is 0 Å². The summed E-state index contributed by atoms with van der Waals surface area (Å²) in [6, 6.07) is 13.1. The van der Waals surface area contributed by atoms with Crippen LogP contribution in [-0.2, 0) is 7.05 Å². The maximum atomic E-state index is 12.5. The van der Waals surface area contributed by atoms with Gasteiger partial charge in [-0.2, -0.15) is 0 Å². The predicted molar refractivity (Wildman–Crippen MR) is 98.0 cm³/mol. The molecule has 122 valence electrons. The number of hydrogen-bond acceptors (Lipinski definition) is 4. The largest absolute Gasteiger partial charge is 0.293 e. The molecule has 0 N–H and O–H groups in total. The lowest BCUT2D eigenvalue weighted by Gasteiger charge is -2.09. The van der Waals surface area contributed by atoms with Crippen molar-refractivity contribution in [2.75, 3.05) is 5.75 Å². The van der Waals surface area contributed by atoms with E-state index in [1.807, 2.05) is 56.3 Å². The molecular formula is C19H18N2O2S. The fourth-order valence-corrected chi connectivity index (χ4v) is 3.44. The highest BCUT2D eigenvalue weighted by Gasteiger charge is 2.13. The Labute approximate surface area is 144 Å². The van der Waals surface area contributed by atoms with Gasteiger partial charge in [0.25, 0.3) is 5.56 Å². The summed E-state index contributed by atoms with van der Waals surface area (Å²) in [6.45, 7) is 3.87. The van der Waals surface area contributed by atoms with Gasteiger partial charge in [-0.05, 0) is 31.5 Å². The van der Waals surface area contributed by atoms with Gasteiger partial charge in [-0.15, -0.1) is 0 Å². The number of benzene rings is 2. The van der Waals surface area contributed by atoms with Crippen LogP contribution in [0.15, 0.2) is 52.4 Å². The first kappa shape index (κ1) is 16.5. The van der Waals surface area contributed by atoms with Crippen LogP contribution in [0, 0.1) is 13.8 Å². The molecule has 1 aromatic heterocycles. The Morgan fingerprint density at radius 3 is 2.67 bits per heavy atom. The molecule has 0 unspecified atom stereocenters. The van der Waals surface area contributed by atoms with Crippen molar-refractivity contribution in [2.24, 2.45) is 7.05 Å². The van der Waals surface area contributed by atoms with Crippen LogP contribution in [0.1, 0.15) is 21.5 Å². The van der Waals surface area contributed by atoms with Crippen LogP contribution in [0.2, 0.25) is 0 Å². The molecule has 0 atom stereocenters. The van der Waals surface area contributed by atoms with Crippen molar-refractivity contribution in [2.45, 2.75) is 19.0 Å². The van der Waals surface area contributed by atoms with Gasteiger partial charge < -0.3 is 0 Å². The zero-order valence-electron chi connectivity index (χ0n) is 13.9. The minimum atomic E-state index is -0.0884. The predicted octanol–water partition coefficient (Wildman–Crippen LogP) is 3.53. The van der Waals surface area contributed by atoms with E-state index >= 15 is 0 Å². The van der Waals surface area contributed by atoms with Crippen molar-refractivity contribution in [1.29, 1.82) is 0 Å². The standard InChI is InChI=1S/C19H18N2O2S/c1-12-8-9-16-15(10-12)18(23)21(3)19(20-16)24-11-17(22)14-7-5-4-6-13(14)2/h4-10H,11H2,1-3H3. The van der Waals surface area contributed by atoms with Crippen molar-refractivity contribution in [3.05, 3.63) is 69.5 Å². The number of fused-ring (bicyclic) bond motifs is 1. The molecule has 0 amide bonds. The van der Waals surface area contributed by atoms with Crippen molar-refractivity contribution >= 4 is 28.4 Å². The quantitative estimate of drug-likeness (QED) is 0.415. The molecule has 0 aliphatic carbocycles. The number of aryl methyl sites for hydroxylation is 2. The van der Waals surface area contributed by atoms with Gasteiger partial charge in [0.15, 0.2) is 10.9 Å². The van der Waals surface area contributed by atoms with Crippen molar-refractivity contribution < 1.29 is 4.79 Å². The van der Waals surface area contributed by atoms with E-state index < -0.39 is 0 Å². The lowest BCUT2D eigenvalue weighted by atomic mass is 10.1. The molecule has 0 aliphatic rings. The summed E-state index contributed by atoms with van der Waals surface area (Å²) < 4.78 is 1.51. The van der Waals surface area contributed by atoms with Crippen LogP contribution in [0.3, 0.4) is 0 Å². The molecule has 3 rings (SSSR count). The Morgan fingerprint density at radius 2 is 1.92 bits per heavy atom. The smallest absolute Gasteiger partial charge is 0.261 e. The van der Waals surface area contributed by atoms with Gasteiger partial charge in [-0.25, -0.2) is 4.98 Å². The molecule has 5 heteroatoms.